The smallest absolute Gasteiger partial charge is 0.269 e. The van der Waals surface area contributed by atoms with Crippen LogP contribution < -0.4 is 10.9 Å². The maximum absolute atomic E-state index is 11.7. The fourth-order valence-corrected chi connectivity index (χ4v) is 1.52. The molecule has 1 aromatic heterocycles. The number of nitro benzene ring substituents is 1. The topological polar surface area (TPSA) is 107 Å². The van der Waals surface area contributed by atoms with Crippen LogP contribution >= 0.6 is 0 Å². The Kier molecular flexibility index (Phi) is 3.85. The summed E-state index contributed by atoms with van der Waals surface area (Å²) >= 11 is 0. The van der Waals surface area contributed by atoms with Crippen molar-refractivity contribution >= 4 is 17.3 Å². The SMILES string of the molecule is O=C(Cn1cnccc1=O)Nc1ccc([N+](=O)[O-])cc1. The fraction of sp³-hybridized carbons (Fsp3) is 0.0833. The normalized spacial score (nSPS) is 10.0. The Balaban J connectivity index is 2.03. The molecule has 0 saturated carbocycles. The summed E-state index contributed by atoms with van der Waals surface area (Å²) in [5.41, 5.74) is 0.0165. The number of benzene rings is 1. The van der Waals surface area contributed by atoms with Crippen LogP contribution in [0, 0.1) is 10.1 Å². The van der Waals surface area contributed by atoms with Crippen molar-refractivity contribution < 1.29 is 9.72 Å². The van der Waals surface area contributed by atoms with Gasteiger partial charge in [0.1, 0.15) is 6.54 Å². The minimum atomic E-state index is -0.527. The lowest BCUT2D eigenvalue weighted by atomic mass is 10.3. The minimum Gasteiger partial charge on any atom is -0.325 e. The lowest BCUT2D eigenvalue weighted by molar-refractivity contribution is -0.384. The Morgan fingerprint density at radius 1 is 1.30 bits per heavy atom. The molecule has 0 saturated heterocycles. The predicted molar refractivity (Wildman–Crippen MR) is 70.2 cm³/mol. The number of hydrogen-bond acceptors (Lipinski definition) is 5. The summed E-state index contributed by atoms with van der Waals surface area (Å²) < 4.78 is 1.15. The highest BCUT2D eigenvalue weighted by Crippen LogP contribution is 2.15. The van der Waals surface area contributed by atoms with E-state index in [1.807, 2.05) is 0 Å². The zero-order valence-corrected chi connectivity index (χ0v) is 10.2. The molecular formula is C12H10N4O4. The average Bonchev–Trinajstić information content (AvgIpc) is 2.42. The van der Waals surface area contributed by atoms with E-state index < -0.39 is 10.8 Å². The quantitative estimate of drug-likeness (QED) is 0.655. The van der Waals surface area contributed by atoms with E-state index in [1.165, 1.54) is 42.9 Å². The van der Waals surface area contributed by atoms with E-state index in [0.29, 0.717) is 5.69 Å². The van der Waals surface area contributed by atoms with Crippen molar-refractivity contribution in [1.29, 1.82) is 0 Å². The second kappa shape index (κ2) is 5.74. The van der Waals surface area contributed by atoms with Crippen LogP contribution in [0.15, 0.2) is 47.7 Å². The summed E-state index contributed by atoms with van der Waals surface area (Å²) in [4.78, 5) is 36.8. The van der Waals surface area contributed by atoms with Gasteiger partial charge in [-0.2, -0.15) is 0 Å². The monoisotopic (exact) mass is 274 g/mol. The van der Waals surface area contributed by atoms with E-state index in [4.69, 9.17) is 0 Å². The van der Waals surface area contributed by atoms with Crippen LogP contribution in [0.2, 0.25) is 0 Å². The summed E-state index contributed by atoms with van der Waals surface area (Å²) in [6, 6.07) is 6.65. The van der Waals surface area contributed by atoms with Crippen LogP contribution in [-0.2, 0) is 11.3 Å². The average molecular weight is 274 g/mol. The molecule has 0 spiro atoms. The predicted octanol–water partition coefficient (Wildman–Crippen LogP) is 0.790. The molecule has 0 unspecified atom stereocenters. The number of rotatable bonds is 4. The molecule has 0 aliphatic heterocycles. The molecule has 2 rings (SSSR count). The van der Waals surface area contributed by atoms with Gasteiger partial charge in [-0.1, -0.05) is 0 Å². The maximum Gasteiger partial charge on any atom is 0.269 e. The Bertz CT molecular complexity index is 693. The van der Waals surface area contributed by atoms with Crippen LogP contribution in [0.3, 0.4) is 0 Å². The van der Waals surface area contributed by atoms with E-state index in [0.717, 1.165) is 4.57 Å². The molecule has 0 fully saturated rings. The molecular weight excluding hydrogens is 264 g/mol. The third-order valence-corrected chi connectivity index (χ3v) is 2.47. The van der Waals surface area contributed by atoms with Crippen LogP contribution in [0.4, 0.5) is 11.4 Å². The van der Waals surface area contributed by atoms with Gasteiger partial charge >= 0.3 is 0 Å². The first-order chi connectivity index (χ1) is 9.56. The van der Waals surface area contributed by atoms with Gasteiger partial charge in [-0.3, -0.25) is 24.3 Å². The number of nitro groups is 1. The van der Waals surface area contributed by atoms with Gasteiger partial charge in [0.05, 0.1) is 11.3 Å². The van der Waals surface area contributed by atoms with Gasteiger partial charge in [0.15, 0.2) is 0 Å². The molecule has 0 bridgehead atoms. The van der Waals surface area contributed by atoms with Crippen LogP contribution in [-0.4, -0.2) is 20.4 Å². The largest absolute Gasteiger partial charge is 0.325 e. The lowest BCUT2D eigenvalue weighted by Gasteiger charge is -2.06. The van der Waals surface area contributed by atoms with Gasteiger partial charge in [0, 0.05) is 30.1 Å². The number of aromatic nitrogens is 2. The number of amides is 1. The van der Waals surface area contributed by atoms with Crippen molar-refractivity contribution in [2.45, 2.75) is 6.54 Å². The number of nitrogens with one attached hydrogen (secondary N) is 1. The summed E-state index contributed by atoms with van der Waals surface area (Å²) in [6.07, 6.45) is 2.60. The molecule has 1 aromatic carbocycles. The highest BCUT2D eigenvalue weighted by Gasteiger charge is 2.07. The number of hydrogen-bond donors (Lipinski definition) is 1. The summed E-state index contributed by atoms with van der Waals surface area (Å²) in [5, 5.41) is 13.0. The van der Waals surface area contributed by atoms with Crippen molar-refractivity contribution in [3.05, 3.63) is 63.3 Å². The van der Waals surface area contributed by atoms with Crippen LogP contribution in [0.5, 0.6) is 0 Å². The maximum atomic E-state index is 11.7. The van der Waals surface area contributed by atoms with Crippen molar-refractivity contribution in [3.8, 4) is 0 Å². The molecule has 8 heteroatoms. The number of non-ortho nitro benzene ring substituents is 1. The molecule has 20 heavy (non-hydrogen) atoms. The Hall–Kier alpha value is -3.03. The summed E-state index contributed by atoms with van der Waals surface area (Å²) in [6.45, 7) is -0.177. The fourth-order valence-electron chi connectivity index (χ4n) is 1.52. The number of anilines is 1. The third kappa shape index (κ3) is 3.25. The second-order valence-electron chi connectivity index (χ2n) is 3.90. The van der Waals surface area contributed by atoms with Gasteiger partial charge in [-0.15, -0.1) is 0 Å². The molecule has 102 valence electrons. The summed E-state index contributed by atoms with van der Waals surface area (Å²) in [7, 11) is 0. The van der Waals surface area contributed by atoms with Crippen LogP contribution in [0.1, 0.15) is 0 Å². The van der Waals surface area contributed by atoms with E-state index in [2.05, 4.69) is 10.3 Å². The highest BCUT2D eigenvalue weighted by atomic mass is 16.6. The third-order valence-electron chi connectivity index (χ3n) is 2.47. The number of carbonyl (C=O) groups is 1. The minimum absolute atomic E-state index is 0.0634. The Morgan fingerprint density at radius 2 is 2.00 bits per heavy atom. The van der Waals surface area contributed by atoms with E-state index >= 15 is 0 Å². The van der Waals surface area contributed by atoms with Crippen molar-refractivity contribution in [2.24, 2.45) is 0 Å². The number of carbonyl (C=O) groups excluding carboxylic acids is 1. The molecule has 1 N–H and O–H groups in total. The molecule has 1 heterocycles. The van der Waals surface area contributed by atoms with Crippen molar-refractivity contribution in [3.63, 3.8) is 0 Å². The number of nitrogens with zero attached hydrogens (tertiary/aromatic N) is 3. The first-order valence-electron chi connectivity index (χ1n) is 5.61. The standard InChI is InChI=1S/C12H10N4O4/c17-11(7-15-8-13-6-5-12(15)18)14-9-1-3-10(4-2-9)16(19)20/h1-6,8H,7H2,(H,14,17). The zero-order valence-electron chi connectivity index (χ0n) is 10.2. The molecule has 0 aliphatic carbocycles. The van der Waals surface area contributed by atoms with Gasteiger partial charge < -0.3 is 5.32 Å². The molecule has 0 aliphatic rings. The molecule has 1 amide bonds. The first kappa shape index (κ1) is 13.4. The van der Waals surface area contributed by atoms with Gasteiger partial charge in [0.25, 0.3) is 11.2 Å². The van der Waals surface area contributed by atoms with Gasteiger partial charge in [0.2, 0.25) is 5.91 Å². The molecule has 0 atom stereocenters. The van der Waals surface area contributed by atoms with E-state index in [-0.39, 0.29) is 17.8 Å². The highest BCUT2D eigenvalue weighted by molar-refractivity contribution is 5.90. The van der Waals surface area contributed by atoms with Crippen LogP contribution in [0.25, 0.3) is 0 Å². The zero-order chi connectivity index (χ0) is 14.5. The molecule has 0 radical (unpaired) electrons. The van der Waals surface area contributed by atoms with E-state index in [1.54, 1.807) is 0 Å². The van der Waals surface area contributed by atoms with Gasteiger partial charge in [-0.05, 0) is 12.1 Å². The Labute approximate surface area is 112 Å². The molecule has 8 nitrogen and oxygen atoms in total. The molecule has 2 aromatic rings. The van der Waals surface area contributed by atoms with Crippen molar-refractivity contribution in [2.75, 3.05) is 5.32 Å². The first-order valence-corrected chi connectivity index (χ1v) is 5.61. The Morgan fingerprint density at radius 3 is 2.60 bits per heavy atom. The van der Waals surface area contributed by atoms with Gasteiger partial charge in [-0.25, -0.2) is 4.98 Å². The summed E-state index contributed by atoms with van der Waals surface area (Å²) in [5.74, 6) is -0.422. The van der Waals surface area contributed by atoms with Crippen molar-refractivity contribution in [1.82, 2.24) is 9.55 Å². The lowest BCUT2D eigenvalue weighted by Crippen LogP contribution is -2.26. The van der Waals surface area contributed by atoms with E-state index in [9.17, 15) is 19.7 Å². The second-order valence-corrected chi connectivity index (χ2v) is 3.90.